The van der Waals surface area contributed by atoms with Crippen molar-refractivity contribution in [2.24, 2.45) is 17.3 Å². The SMILES string of the molecule is CCCCC(CC)CC(COC)(COC)C(C)C. The van der Waals surface area contributed by atoms with E-state index in [2.05, 4.69) is 27.7 Å². The zero-order valence-electron chi connectivity index (χ0n) is 13.4. The van der Waals surface area contributed by atoms with Gasteiger partial charge in [0, 0.05) is 19.6 Å². The van der Waals surface area contributed by atoms with Crippen LogP contribution in [0.3, 0.4) is 0 Å². The minimum atomic E-state index is 0.178. The topological polar surface area (TPSA) is 18.5 Å². The van der Waals surface area contributed by atoms with Crippen LogP contribution in [-0.4, -0.2) is 27.4 Å². The Morgan fingerprint density at radius 1 is 1.00 bits per heavy atom. The second-order valence-corrected chi connectivity index (χ2v) is 6.00. The molecule has 18 heavy (non-hydrogen) atoms. The van der Waals surface area contributed by atoms with E-state index in [0.717, 1.165) is 19.1 Å². The number of hydrogen-bond donors (Lipinski definition) is 0. The summed E-state index contributed by atoms with van der Waals surface area (Å²) in [6.45, 7) is 10.8. The fourth-order valence-corrected chi connectivity index (χ4v) is 2.82. The summed E-state index contributed by atoms with van der Waals surface area (Å²) in [7, 11) is 3.61. The number of methoxy groups -OCH3 is 2. The molecule has 0 aliphatic carbocycles. The van der Waals surface area contributed by atoms with E-state index in [4.69, 9.17) is 9.47 Å². The largest absolute Gasteiger partial charge is 0.384 e. The molecule has 0 spiro atoms. The lowest BCUT2D eigenvalue weighted by Gasteiger charge is -2.39. The van der Waals surface area contributed by atoms with Crippen LogP contribution in [0.4, 0.5) is 0 Å². The van der Waals surface area contributed by atoms with Crippen molar-refractivity contribution in [1.29, 1.82) is 0 Å². The predicted octanol–water partition coefficient (Wildman–Crippen LogP) is 4.53. The highest BCUT2D eigenvalue weighted by atomic mass is 16.5. The maximum absolute atomic E-state index is 5.49. The fraction of sp³-hybridized carbons (Fsp3) is 1.00. The van der Waals surface area contributed by atoms with E-state index >= 15 is 0 Å². The van der Waals surface area contributed by atoms with Gasteiger partial charge >= 0.3 is 0 Å². The third-order valence-electron chi connectivity index (χ3n) is 4.33. The highest BCUT2D eigenvalue weighted by molar-refractivity contribution is 4.85. The van der Waals surface area contributed by atoms with Crippen molar-refractivity contribution in [1.82, 2.24) is 0 Å². The quantitative estimate of drug-likeness (QED) is 0.542. The first kappa shape index (κ1) is 17.9. The Labute approximate surface area is 114 Å². The molecule has 0 saturated carbocycles. The second-order valence-electron chi connectivity index (χ2n) is 6.00. The summed E-state index contributed by atoms with van der Waals surface area (Å²) in [5, 5.41) is 0. The van der Waals surface area contributed by atoms with E-state index in [1.165, 1.54) is 32.1 Å². The van der Waals surface area contributed by atoms with Gasteiger partial charge < -0.3 is 9.47 Å². The molecule has 0 aromatic rings. The Morgan fingerprint density at radius 2 is 1.56 bits per heavy atom. The lowest BCUT2D eigenvalue weighted by Crippen LogP contribution is -2.39. The van der Waals surface area contributed by atoms with Gasteiger partial charge in [0.25, 0.3) is 0 Å². The molecule has 0 amide bonds. The van der Waals surface area contributed by atoms with Gasteiger partial charge in [-0.2, -0.15) is 0 Å². The van der Waals surface area contributed by atoms with Gasteiger partial charge in [0.1, 0.15) is 0 Å². The molecule has 110 valence electrons. The molecule has 2 nitrogen and oxygen atoms in total. The Morgan fingerprint density at radius 3 is 1.89 bits per heavy atom. The van der Waals surface area contributed by atoms with E-state index in [0.29, 0.717) is 5.92 Å². The normalized spacial score (nSPS) is 14.2. The van der Waals surface area contributed by atoms with E-state index < -0.39 is 0 Å². The summed E-state index contributed by atoms with van der Waals surface area (Å²) in [5.74, 6) is 1.39. The van der Waals surface area contributed by atoms with Crippen LogP contribution in [0.5, 0.6) is 0 Å². The molecular weight excluding hydrogens is 224 g/mol. The molecule has 1 unspecified atom stereocenters. The summed E-state index contributed by atoms with van der Waals surface area (Å²) in [6.07, 6.45) is 6.46. The Balaban J connectivity index is 4.70. The van der Waals surface area contributed by atoms with E-state index in [1.807, 2.05) is 0 Å². The summed E-state index contributed by atoms with van der Waals surface area (Å²) < 4.78 is 11.0. The van der Waals surface area contributed by atoms with Gasteiger partial charge in [0.05, 0.1) is 13.2 Å². The lowest BCUT2D eigenvalue weighted by atomic mass is 9.70. The molecule has 2 heteroatoms. The molecule has 1 atom stereocenters. The van der Waals surface area contributed by atoms with Crippen molar-refractivity contribution in [3.63, 3.8) is 0 Å². The molecule has 0 aromatic heterocycles. The van der Waals surface area contributed by atoms with Gasteiger partial charge in [-0.15, -0.1) is 0 Å². The van der Waals surface area contributed by atoms with Crippen molar-refractivity contribution < 1.29 is 9.47 Å². The molecule has 0 saturated heterocycles. The average molecular weight is 258 g/mol. The molecule has 0 heterocycles. The first-order valence-electron chi connectivity index (χ1n) is 7.54. The van der Waals surface area contributed by atoms with Crippen molar-refractivity contribution >= 4 is 0 Å². The first-order chi connectivity index (χ1) is 8.56. The van der Waals surface area contributed by atoms with E-state index in [9.17, 15) is 0 Å². The molecule has 0 aliphatic heterocycles. The zero-order valence-corrected chi connectivity index (χ0v) is 13.4. The molecule has 0 fully saturated rings. The molecule has 0 bridgehead atoms. The van der Waals surface area contributed by atoms with Crippen LogP contribution in [0.2, 0.25) is 0 Å². The predicted molar refractivity (Wildman–Crippen MR) is 78.9 cm³/mol. The number of rotatable bonds is 11. The van der Waals surface area contributed by atoms with Crippen LogP contribution >= 0.6 is 0 Å². The standard InChI is InChI=1S/C16H34O2/c1-7-9-10-15(8-2)11-16(12-17-5,13-18-6)14(3)4/h14-15H,7-13H2,1-6H3. The van der Waals surface area contributed by atoms with Crippen LogP contribution in [0.1, 0.15) is 59.8 Å². The van der Waals surface area contributed by atoms with Crippen LogP contribution in [0.15, 0.2) is 0 Å². The molecular formula is C16H34O2. The summed E-state index contributed by atoms with van der Waals surface area (Å²) >= 11 is 0. The first-order valence-corrected chi connectivity index (χ1v) is 7.54. The highest BCUT2D eigenvalue weighted by Crippen LogP contribution is 2.38. The van der Waals surface area contributed by atoms with Gasteiger partial charge in [-0.3, -0.25) is 0 Å². The van der Waals surface area contributed by atoms with Crippen LogP contribution in [-0.2, 0) is 9.47 Å². The van der Waals surface area contributed by atoms with Crippen LogP contribution in [0.25, 0.3) is 0 Å². The number of ether oxygens (including phenoxy) is 2. The smallest absolute Gasteiger partial charge is 0.0543 e. The third-order valence-corrected chi connectivity index (χ3v) is 4.33. The van der Waals surface area contributed by atoms with Crippen molar-refractivity contribution in [3.05, 3.63) is 0 Å². The fourth-order valence-electron chi connectivity index (χ4n) is 2.82. The van der Waals surface area contributed by atoms with Crippen LogP contribution in [0, 0.1) is 17.3 Å². The molecule has 0 aliphatic rings. The maximum Gasteiger partial charge on any atom is 0.0543 e. The van der Waals surface area contributed by atoms with E-state index in [-0.39, 0.29) is 5.41 Å². The van der Waals surface area contributed by atoms with Crippen LogP contribution < -0.4 is 0 Å². The van der Waals surface area contributed by atoms with Gasteiger partial charge in [0.15, 0.2) is 0 Å². The maximum atomic E-state index is 5.49. The Kier molecular flexibility index (Phi) is 9.76. The Hall–Kier alpha value is -0.0800. The third kappa shape index (κ3) is 5.71. The second kappa shape index (κ2) is 9.80. The van der Waals surface area contributed by atoms with E-state index in [1.54, 1.807) is 14.2 Å². The monoisotopic (exact) mass is 258 g/mol. The van der Waals surface area contributed by atoms with Gasteiger partial charge in [-0.1, -0.05) is 53.4 Å². The summed E-state index contributed by atoms with van der Waals surface area (Å²) in [5.41, 5.74) is 0.178. The van der Waals surface area contributed by atoms with Gasteiger partial charge in [0.2, 0.25) is 0 Å². The lowest BCUT2D eigenvalue weighted by molar-refractivity contribution is -0.0374. The minimum Gasteiger partial charge on any atom is -0.384 e. The molecule has 0 rings (SSSR count). The Bertz CT molecular complexity index is 184. The van der Waals surface area contributed by atoms with Gasteiger partial charge in [-0.05, 0) is 18.3 Å². The molecule has 0 aromatic carbocycles. The molecule has 0 N–H and O–H groups in total. The van der Waals surface area contributed by atoms with Crippen molar-refractivity contribution in [3.8, 4) is 0 Å². The summed E-state index contributed by atoms with van der Waals surface area (Å²) in [6, 6.07) is 0. The van der Waals surface area contributed by atoms with Gasteiger partial charge in [-0.25, -0.2) is 0 Å². The van der Waals surface area contributed by atoms with Crippen molar-refractivity contribution in [2.75, 3.05) is 27.4 Å². The van der Waals surface area contributed by atoms with Crippen molar-refractivity contribution in [2.45, 2.75) is 59.8 Å². The minimum absolute atomic E-state index is 0.178. The zero-order chi connectivity index (χ0) is 14.0. The number of hydrogen-bond acceptors (Lipinski definition) is 2. The number of unbranched alkanes of at least 4 members (excludes halogenated alkanes) is 1. The average Bonchev–Trinajstić information content (AvgIpc) is 2.34. The summed E-state index contributed by atoms with van der Waals surface area (Å²) in [4.78, 5) is 0. The molecule has 0 radical (unpaired) electrons. The highest BCUT2D eigenvalue weighted by Gasteiger charge is 2.35.